The second-order valence-electron chi connectivity index (χ2n) is 6.48. The van der Waals surface area contributed by atoms with Crippen LogP contribution in [-0.2, 0) is 0 Å². The van der Waals surface area contributed by atoms with Crippen molar-refractivity contribution in [2.45, 2.75) is 27.7 Å². The lowest BCUT2D eigenvalue weighted by molar-refractivity contribution is 0.623. The summed E-state index contributed by atoms with van der Waals surface area (Å²) in [5.74, 6) is 0. The van der Waals surface area contributed by atoms with Gasteiger partial charge in [-0.15, -0.1) is 0 Å². The first-order chi connectivity index (χ1) is 13.1. The van der Waals surface area contributed by atoms with Crippen molar-refractivity contribution in [1.29, 1.82) is 0 Å². The van der Waals surface area contributed by atoms with Crippen LogP contribution in [0.25, 0.3) is 5.57 Å². The summed E-state index contributed by atoms with van der Waals surface area (Å²) in [6, 6.07) is 5.16. The van der Waals surface area contributed by atoms with E-state index in [0.717, 1.165) is 28.5 Å². The van der Waals surface area contributed by atoms with Crippen molar-refractivity contribution in [3.63, 3.8) is 0 Å². The number of hydrogen-bond donors (Lipinski definition) is 0. The third-order valence-corrected chi connectivity index (χ3v) is 8.58. The number of halogens is 6. The summed E-state index contributed by atoms with van der Waals surface area (Å²) in [5.41, 5.74) is 5.06. The fourth-order valence-electron chi connectivity index (χ4n) is 3.39. The van der Waals surface area contributed by atoms with Gasteiger partial charge >= 0.3 is 7.40 Å². The van der Waals surface area contributed by atoms with Crippen LogP contribution < -0.4 is 0 Å². The Morgan fingerprint density at radius 3 is 2.11 bits per heavy atom. The first-order valence-corrected chi connectivity index (χ1v) is 11.3. The minimum atomic E-state index is -2.70. The lowest BCUT2D eigenvalue weighted by Gasteiger charge is -2.18. The average Bonchev–Trinajstić information content (AvgIpc) is 3.00. The predicted octanol–water partition coefficient (Wildman–Crippen LogP) is 7.73. The molecule has 2 nitrogen and oxygen atoms in total. The monoisotopic (exact) mass is 644 g/mol. The second kappa shape index (κ2) is 8.39. The molecular formula is C19H15BCl2F2I2N2. The highest BCUT2D eigenvalue weighted by Gasteiger charge is 2.33. The molecule has 0 fully saturated rings. The van der Waals surface area contributed by atoms with Gasteiger partial charge in [0.05, 0.1) is 21.5 Å². The molecule has 0 aliphatic carbocycles. The molecule has 0 unspecified atom stereocenters. The van der Waals surface area contributed by atoms with E-state index in [-0.39, 0.29) is 0 Å². The molecule has 0 bridgehead atoms. The first kappa shape index (κ1) is 22.3. The molecule has 3 rings (SSSR count). The largest absolute Gasteiger partial charge is 0.677 e. The van der Waals surface area contributed by atoms with Crippen LogP contribution in [0.3, 0.4) is 0 Å². The van der Waals surface area contributed by atoms with Gasteiger partial charge < -0.3 is 4.48 Å². The van der Waals surface area contributed by atoms with Crippen LogP contribution in [0.4, 0.5) is 8.63 Å². The van der Waals surface area contributed by atoms with Crippen molar-refractivity contribution in [1.82, 2.24) is 4.48 Å². The number of aromatic nitrogens is 1. The lowest BCUT2D eigenvalue weighted by Crippen LogP contribution is -2.18. The fraction of sp³-hybridized carbons (Fsp3) is 0.211. The zero-order valence-corrected chi connectivity index (χ0v) is 21.3. The zero-order valence-electron chi connectivity index (χ0n) is 15.5. The highest BCUT2D eigenvalue weighted by atomic mass is 127. The van der Waals surface area contributed by atoms with Gasteiger partial charge in [0, 0.05) is 29.7 Å². The van der Waals surface area contributed by atoms with Crippen molar-refractivity contribution in [3.05, 3.63) is 69.2 Å². The van der Waals surface area contributed by atoms with Crippen molar-refractivity contribution >= 4 is 87.1 Å². The average molecular weight is 645 g/mol. The van der Waals surface area contributed by atoms with E-state index in [0.29, 0.717) is 38.3 Å². The summed E-state index contributed by atoms with van der Waals surface area (Å²) < 4.78 is 31.1. The Balaban J connectivity index is 2.56. The Morgan fingerprint density at radius 2 is 1.64 bits per heavy atom. The lowest BCUT2D eigenvalue weighted by atomic mass is 9.94. The van der Waals surface area contributed by atoms with Gasteiger partial charge in [0.15, 0.2) is 0 Å². The molecule has 28 heavy (non-hydrogen) atoms. The summed E-state index contributed by atoms with van der Waals surface area (Å²) in [6.07, 6.45) is 0. The van der Waals surface area contributed by atoms with Gasteiger partial charge in [0.1, 0.15) is 0 Å². The quantitative estimate of drug-likeness (QED) is 0.241. The summed E-state index contributed by atoms with van der Waals surface area (Å²) in [5, 5.41) is 0.790. The third-order valence-electron chi connectivity index (χ3n) is 4.77. The van der Waals surface area contributed by atoms with E-state index >= 15 is 0 Å². The van der Waals surface area contributed by atoms with Gasteiger partial charge in [-0.3, -0.25) is 13.6 Å². The van der Waals surface area contributed by atoms with E-state index in [1.807, 2.05) is 20.8 Å². The SMILES string of the molecule is CC1=N/C(=C(\c2c(Cl)cccc2Cl)c2c(C)c(I)c(C)n2B(F)F)C(C)=C1I. The Kier molecular flexibility index (Phi) is 6.69. The second-order valence-corrected chi connectivity index (χ2v) is 9.45. The standard InChI is InChI=1S/C19H15BCl2F2I2N2/c1-8-16(25)10(3)27-18(8)15(14-12(21)6-5-7-13(14)22)19-9(2)17(26)11(4)28(19)20(23)24/h5-7H,1-4H3/b18-15+. The number of nitrogens with zero attached hydrogens (tertiary/aromatic N) is 2. The summed E-state index contributed by atoms with van der Waals surface area (Å²) in [7, 11) is -2.70. The Labute approximate surface area is 200 Å². The first-order valence-electron chi connectivity index (χ1n) is 8.34. The molecule has 1 aliphatic rings. The molecule has 0 radical (unpaired) electrons. The maximum Gasteiger partial charge on any atom is 0.677 e. The van der Waals surface area contributed by atoms with Crippen molar-refractivity contribution in [2.75, 3.05) is 0 Å². The molecule has 1 aliphatic heterocycles. The maximum absolute atomic E-state index is 14.1. The Bertz CT molecular complexity index is 1070. The molecule has 0 atom stereocenters. The highest BCUT2D eigenvalue weighted by molar-refractivity contribution is 14.1. The van der Waals surface area contributed by atoms with Crippen LogP contribution in [0.1, 0.15) is 36.4 Å². The van der Waals surface area contributed by atoms with Crippen LogP contribution in [0, 0.1) is 17.4 Å². The van der Waals surface area contributed by atoms with Gasteiger partial charge in [-0.25, -0.2) is 0 Å². The number of aliphatic imine (C=N–C) groups is 1. The molecule has 1 aromatic heterocycles. The van der Waals surface area contributed by atoms with Crippen LogP contribution in [0.2, 0.25) is 10.0 Å². The Morgan fingerprint density at radius 1 is 1.07 bits per heavy atom. The topological polar surface area (TPSA) is 17.3 Å². The number of rotatable bonds is 3. The van der Waals surface area contributed by atoms with Crippen LogP contribution >= 0.6 is 68.4 Å². The fourth-order valence-corrected chi connectivity index (χ4v) is 4.86. The van der Waals surface area contributed by atoms with Crippen LogP contribution in [0.15, 0.2) is 38.0 Å². The zero-order chi connectivity index (χ0) is 20.9. The van der Waals surface area contributed by atoms with Gasteiger partial charge in [-0.1, -0.05) is 29.3 Å². The highest BCUT2D eigenvalue weighted by Crippen LogP contribution is 2.45. The number of allylic oxidation sites excluding steroid dienone is 2. The van der Waals surface area contributed by atoms with Gasteiger partial charge in [0.25, 0.3) is 0 Å². The molecule has 0 saturated heterocycles. The molecular weight excluding hydrogens is 630 g/mol. The molecule has 0 spiro atoms. The van der Waals surface area contributed by atoms with E-state index in [2.05, 4.69) is 45.2 Å². The van der Waals surface area contributed by atoms with Gasteiger partial charge in [-0.2, -0.15) is 0 Å². The minimum Gasteiger partial charge on any atom is -0.328 e. The third kappa shape index (κ3) is 3.60. The number of benzene rings is 1. The van der Waals surface area contributed by atoms with Crippen LogP contribution in [-0.4, -0.2) is 17.6 Å². The van der Waals surface area contributed by atoms with Gasteiger partial charge in [-0.05, 0) is 96.1 Å². The predicted molar refractivity (Wildman–Crippen MR) is 132 cm³/mol. The van der Waals surface area contributed by atoms with E-state index in [1.165, 1.54) is 0 Å². The smallest absolute Gasteiger partial charge is 0.328 e. The molecule has 146 valence electrons. The molecule has 2 heterocycles. The maximum atomic E-state index is 14.1. The van der Waals surface area contributed by atoms with Crippen molar-refractivity contribution < 1.29 is 8.63 Å². The molecule has 0 saturated carbocycles. The molecule has 2 aromatic rings. The normalized spacial score (nSPS) is 16.0. The van der Waals surface area contributed by atoms with Crippen LogP contribution in [0.5, 0.6) is 0 Å². The molecule has 1 aromatic carbocycles. The van der Waals surface area contributed by atoms with E-state index in [4.69, 9.17) is 28.2 Å². The minimum absolute atomic E-state index is 0.393. The van der Waals surface area contributed by atoms with Crippen molar-refractivity contribution in [2.24, 2.45) is 4.99 Å². The van der Waals surface area contributed by atoms with E-state index in [1.54, 1.807) is 25.1 Å². The summed E-state index contributed by atoms with van der Waals surface area (Å²) >= 11 is 17.4. The molecule has 0 amide bonds. The van der Waals surface area contributed by atoms with E-state index < -0.39 is 7.40 Å². The Hall–Kier alpha value is -0.385. The number of hydrogen-bond acceptors (Lipinski definition) is 1. The summed E-state index contributed by atoms with van der Waals surface area (Å²) in [6.45, 7) is 7.36. The molecule has 9 heteroatoms. The van der Waals surface area contributed by atoms with E-state index in [9.17, 15) is 8.63 Å². The van der Waals surface area contributed by atoms with Crippen molar-refractivity contribution in [3.8, 4) is 0 Å². The molecule has 0 N–H and O–H groups in total. The summed E-state index contributed by atoms with van der Waals surface area (Å²) in [4.78, 5) is 4.70. The van der Waals surface area contributed by atoms with Gasteiger partial charge in [0.2, 0.25) is 0 Å².